The van der Waals surface area contributed by atoms with Gasteiger partial charge in [0, 0.05) is 24.2 Å². The van der Waals surface area contributed by atoms with Gasteiger partial charge in [-0.1, -0.05) is 12.8 Å². The highest BCUT2D eigenvalue weighted by molar-refractivity contribution is 5.54. The van der Waals surface area contributed by atoms with Crippen molar-refractivity contribution in [2.45, 2.75) is 38.1 Å². The Morgan fingerprint density at radius 2 is 2.17 bits per heavy atom. The number of pyridine rings is 1. The molecule has 1 saturated carbocycles. The number of aromatic nitrogens is 4. The third-order valence-corrected chi connectivity index (χ3v) is 3.53. The minimum atomic E-state index is 0.438. The Labute approximate surface area is 106 Å². The molecule has 3 N–H and O–H groups in total. The van der Waals surface area contributed by atoms with Crippen molar-refractivity contribution >= 4 is 0 Å². The zero-order chi connectivity index (χ0) is 12.4. The Morgan fingerprint density at radius 1 is 1.33 bits per heavy atom. The molecule has 0 bridgehead atoms. The van der Waals surface area contributed by atoms with E-state index < -0.39 is 0 Å². The van der Waals surface area contributed by atoms with Crippen LogP contribution in [0.3, 0.4) is 0 Å². The molecule has 2 heterocycles. The average molecular weight is 243 g/mol. The molecule has 1 aliphatic carbocycles. The van der Waals surface area contributed by atoms with Crippen molar-refractivity contribution in [1.29, 1.82) is 0 Å². The highest BCUT2D eigenvalue weighted by Gasteiger charge is 2.20. The predicted molar refractivity (Wildman–Crippen MR) is 68.7 cm³/mol. The van der Waals surface area contributed by atoms with Crippen LogP contribution in [0.2, 0.25) is 0 Å². The van der Waals surface area contributed by atoms with E-state index in [0.717, 1.165) is 22.9 Å². The number of rotatable bonds is 3. The van der Waals surface area contributed by atoms with Crippen LogP contribution < -0.4 is 5.73 Å². The molecular weight excluding hydrogens is 226 g/mol. The summed E-state index contributed by atoms with van der Waals surface area (Å²) in [7, 11) is 0. The number of hydrogen-bond acceptors (Lipinski definition) is 4. The Hall–Kier alpha value is -1.75. The van der Waals surface area contributed by atoms with Gasteiger partial charge in [-0.25, -0.2) is 4.98 Å². The van der Waals surface area contributed by atoms with Crippen molar-refractivity contribution in [2.75, 3.05) is 0 Å². The molecule has 0 amide bonds. The van der Waals surface area contributed by atoms with Gasteiger partial charge >= 0.3 is 0 Å². The topological polar surface area (TPSA) is 80.5 Å². The zero-order valence-electron chi connectivity index (χ0n) is 10.3. The zero-order valence-corrected chi connectivity index (χ0v) is 10.3. The van der Waals surface area contributed by atoms with Gasteiger partial charge in [0.2, 0.25) is 0 Å². The molecule has 2 aromatic heterocycles. The summed E-state index contributed by atoms with van der Waals surface area (Å²) in [4.78, 5) is 8.78. The molecule has 0 aromatic carbocycles. The second-order valence-corrected chi connectivity index (χ2v) is 4.77. The van der Waals surface area contributed by atoms with Crippen LogP contribution in [0.1, 0.15) is 43.1 Å². The Kier molecular flexibility index (Phi) is 3.06. The van der Waals surface area contributed by atoms with E-state index in [1.54, 1.807) is 6.20 Å². The van der Waals surface area contributed by atoms with Crippen molar-refractivity contribution in [2.24, 2.45) is 5.73 Å². The predicted octanol–water partition coefficient (Wildman–Crippen LogP) is 1.98. The van der Waals surface area contributed by atoms with Crippen molar-refractivity contribution in [3.63, 3.8) is 0 Å². The van der Waals surface area contributed by atoms with Crippen molar-refractivity contribution in [3.8, 4) is 11.4 Å². The lowest BCUT2D eigenvalue weighted by Gasteiger charge is -2.02. The van der Waals surface area contributed by atoms with Crippen molar-refractivity contribution < 1.29 is 0 Å². The maximum atomic E-state index is 5.59. The fourth-order valence-electron chi connectivity index (χ4n) is 2.51. The summed E-state index contributed by atoms with van der Waals surface area (Å²) in [6.45, 7) is 0.438. The molecule has 1 fully saturated rings. The van der Waals surface area contributed by atoms with Crippen LogP contribution in [-0.4, -0.2) is 20.2 Å². The van der Waals surface area contributed by atoms with Gasteiger partial charge in [0.15, 0.2) is 5.82 Å². The molecule has 94 valence electrons. The van der Waals surface area contributed by atoms with Crippen LogP contribution >= 0.6 is 0 Å². The number of nitrogens with zero attached hydrogens (tertiary/aromatic N) is 3. The second kappa shape index (κ2) is 4.86. The lowest BCUT2D eigenvalue weighted by molar-refractivity contribution is 0.672. The molecule has 5 heteroatoms. The summed E-state index contributed by atoms with van der Waals surface area (Å²) in [6, 6.07) is 3.86. The molecule has 1 aliphatic rings. The molecular formula is C13H17N5. The van der Waals surface area contributed by atoms with Crippen LogP contribution in [0.25, 0.3) is 11.4 Å². The van der Waals surface area contributed by atoms with Crippen LogP contribution in [0.15, 0.2) is 18.3 Å². The smallest absolute Gasteiger partial charge is 0.181 e. The minimum Gasteiger partial charge on any atom is -0.325 e. The highest BCUT2D eigenvalue weighted by atomic mass is 15.2. The number of aromatic amines is 1. The maximum absolute atomic E-state index is 5.59. The molecule has 0 radical (unpaired) electrons. The monoisotopic (exact) mass is 243 g/mol. The first-order valence-corrected chi connectivity index (χ1v) is 6.44. The third-order valence-electron chi connectivity index (χ3n) is 3.53. The lowest BCUT2D eigenvalue weighted by atomic mass is 10.1. The van der Waals surface area contributed by atoms with Gasteiger partial charge in [-0.05, 0) is 25.0 Å². The molecule has 5 nitrogen and oxygen atoms in total. The fraction of sp³-hybridized carbons (Fsp3) is 0.462. The average Bonchev–Trinajstić information content (AvgIpc) is 3.09. The lowest BCUT2D eigenvalue weighted by Crippen LogP contribution is -1.99. The van der Waals surface area contributed by atoms with E-state index in [1.165, 1.54) is 25.7 Å². The second-order valence-electron chi connectivity index (χ2n) is 4.77. The van der Waals surface area contributed by atoms with Gasteiger partial charge in [-0.3, -0.25) is 10.1 Å². The Morgan fingerprint density at radius 3 is 2.94 bits per heavy atom. The van der Waals surface area contributed by atoms with Gasteiger partial charge < -0.3 is 5.73 Å². The van der Waals surface area contributed by atoms with Crippen molar-refractivity contribution in [1.82, 2.24) is 20.2 Å². The van der Waals surface area contributed by atoms with Gasteiger partial charge in [0.25, 0.3) is 0 Å². The van der Waals surface area contributed by atoms with E-state index >= 15 is 0 Å². The van der Waals surface area contributed by atoms with Crippen LogP contribution in [0.5, 0.6) is 0 Å². The van der Waals surface area contributed by atoms with E-state index in [0.29, 0.717) is 12.5 Å². The molecule has 0 atom stereocenters. The van der Waals surface area contributed by atoms with Gasteiger partial charge in [-0.15, -0.1) is 0 Å². The number of H-pyrrole nitrogens is 1. The summed E-state index contributed by atoms with van der Waals surface area (Å²) < 4.78 is 0. The number of hydrogen-bond donors (Lipinski definition) is 2. The van der Waals surface area contributed by atoms with Crippen LogP contribution in [0.4, 0.5) is 0 Å². The summed E-state index contributed by atoms with van der Waals surface area (Å²) >= 11 is 0. The van der Waals surface area contributed by atoms with E-state index in [9.17, 15) is 0 Å². The van der Waals surface area contributed by atoms with Gasteiger partial charge in [0.05, 0.1) is 5.69 Å². The first-order valence-electron chi connectivity index (χ1n) is 6.44. The molecule has 2 aromatic rings. The third kappa shape index (κ3) is 2.13. The molecule has 0 saturated heterocycles. The normalized spacial score (nSPS) is 16.3. The summed E-state index contributed by atoms with van der Waals surface area (Å²) in [5, 5.41) is 7.37. The quantitative estimate of drug-likeness (QED) is 0.863. The van der Waals surface area contributed by atoms with E-state index in [2.05, 4.69) is 20.2 Å². The summed E-state index contributed by atoms with van der Waals surface area (Å²) in [5.41, 5.74) is 7.43. The standard InChI is InChI=1S/C13H17N5/c14-8-11-7-10(5-6-15-11)13-16-12(17-18-13)9-3-1-2-4-9/h5-7,9H,1-4,8,14H2,(H,16,17,18). The molecule has 18 heavy (non-hydrogen) atoms. The SMILES string of the molecule is NCc1cc(-c2n[nH]c(C3CCCC3)n2)ccn1. The minimum absolute atomic E-state index is 0.438. The van der Waals surface area contributed by atoms with E-state index in [-0.39, 0.29) is 0 Å². The van der Waals surface area contributed by atoms with E-state index in [4.69, 9.17) is 5.73 Å². The van der Waals surface area contributed by atoms with Gasteiger partial charge in [0.1, 0.15) is 5.82 Å². The largest absolute Gasteiger partial charge is 0.325 e. The first-order chi connectivity index (χ1) is 8.86. The molecule has 0 unspecified atom stereocenters. The summed E-state index contributed by atoms with van der Waals surface area (Å²) in [5.74, 6) is 2.32. The molecule has 0 aliphatic heterocycles. The van der Waals surface area contributed by atoms with Crippen molar-refractivity contribution in [3.05, 3.63) is 29.8 Å². The summed E-state index contributed by atoms with van der Waals surface area (Å²) in [6.07, 6.45) is 6.79. The van der Waals surface area contributed by atoms with Crippen LogP contribution in [0, 0.1) is 0 Å². The maximum Gasteiger partial charge on any atom is 0.181 e. The fourth-order valence-corrected chi connectivity index (χ4v) is 2.51. The highest BCUT2D eigenvalue weighted by Crippen LogP contribution is 2.32. The molecule has 3 rings (SSSR count). The Balaban J connectivity index is 1.87. The van der Waals surface area contributed by atoms with E-state index in [1.807, 2.05) is 12.1 Å². The van der Waals surface area contributed by atoms with Gasteiger partial charge in [-0.2, -0.15) is 5.10 Å². The van der Waals surface area contributed by atoms with Crippen LogP contribution in [-0.2, 0) is 6.54 Å². The molecule has 0 spiro atoms. The first kappa shape index (κ1) is 11.3. The number of nitrogens with one attached hydrogen (secondary N) is 1. The number of nitrogens with two attached hydrogens (primary N) is 1. The Bertz CT molecular complexity index is 528.